The lowest BCUT2D eigenvalue weighted by Crippen LogP contribution is -1.90. The fraction of sp³-hybridized carbons (Fsp3) is 0. The number of H-pyrrole nitrogens is 1. The van der Waals surface area contributed by atoms with Gasteiger partial charge in [0, 0.05) is 15.6 Å². The minimum absolute atomic E-state index is 0.318. The molecule has 1 aromatic carbocycles. The zero-order chi connectivity index (χ0) is 10.1. The first-order chi connectivity index (χ1) is 6.68. The van der Waals surface area contributed by atoms with Crippen LogP contribution in [-0.4, -0.2) is 10.2 Å². The van der Waals surface area contributed by atoms with Gasteiger partial charge in [0.15, 0.2) is 0 Å². The van der Waals surface area contributed by atoms with Gasteiger partial charge in [0.05, 0.1) is 6.20 Å². The topological polar surface area (TPSA) is 54.7 Å². The van der Waals surface area contributed by atoms with Crippen LogP contribution in [0.25, 0.3) is 11.1 Å². The van der Waals surface area contributed by atoms with Crippen molar-refractivity contribution in [1.82, 2.24) is 10.2 Å². The Balaban J connectivity index is 2.62. The predicted molar refractivity (Wildman–Crippen MR) is 56.1 cm³/mol. The van der Waals surface area contributed by atoms with E-state index in [9.17, 15) is 4.39 Å². The first-order valence-electron chi connectivity index (χ1n) is 3.93. The lowest BCUT2D eigenvalue weighted by atomic mass is 10.1. The van der Waals surface area contributed by atoms with Crippen molar-refractivity contribution in [3.05, 3.63) is 34.7 Å². The number of nitrogens with one attached hydrogen (secondary N) is 1. The Morgan fingerprint density at radius 1 is 1.36 bits per heavy atom. The second-order valence-electron chi connectivity index (χ2n) is 2.82. The van der Waals surface area contributed by atoms with Crippen molar-refractivity contribution in [2.75, 3.05) is 5.73 Å². The number of nitrogens with zero attached hydrogens (tertiary/aromatic N) is 1. The van der Waals surface area contributed by atoms with E-state index in [1.54, 1.807) is 12.1 Å². The first kappa shape index (κ1) is 9.21. The Kier molecular flexibility index (Phi) is 2.25. The fourth-order valence-electron chi connectivity index (χ4n) is 1.21. The minimum Gasteiger partial charge on any atom is -0.384 e. The third-order valence-electron chi connectivity index (χ3n) is 1.89. The molecule has 2 rings (SSSR count). The molecule has 3 nitrogen and oxygen atoms in total. The lowest BCUT2D eigenvalue weighted by molar-refractivity contribution is 0.631. The molecule has 0 bridgehead atoms. The number of nitrogen functional groups attached to an aromatic ring is 1. The number of aromatic nitrogens is 2. The van der Waals surface area contributed by atoms with Gasteiger partial charge in [-0.15, -0.1) is 0 Å². The smallest absolute Gasteiger partial charge is 0.131 e. The van der Waals surface area contributed by atoms with E-state index in [2.05, 4.69) is 26.1 Å². The van der Waals surface area contributed by atoms with Crippen LogP contribution in [0.15, 0.2) is 28.9 Å². The first-order valence-corrected chi connectivity index (χ1v) is 4.72. The van der Waals surface area contributed by atoms with Crippen molar-refractivity contribution in [1.29, 1.82) is 0 Å². The number of hydrogen-bond donors (Lipinski definition) is 2. The van der Waals surface area contributed by atoms with Gasteiger partial charge in [0.2, 0.25) is 0 Å². The highest BCUT2D eigenvalue weighted by Gasteiger charge is 2.09. The fourth-order valence-corrected chi connectivity index (χ4v) is 1.58. The van der Waals surface area contributed by atoms with Gasteiger partial charge in [-0.25, -0.2) is 4.39 Å². The zero-order valence-electron chi connectivity index (χ0n) is 7.09. The molecule has 72 valence electrons. The number of anilines is 1. The average molecular weight is 256 g/mol. The third kappa shape index (κ3) is 1.50. The summed E-state index contributed by atoms with van der Waals surface area (Å²) in [7, 11) is 0. The maximum atomic E-state index is 13.4. The van der Waals surface area contributed by atoms with E-state index < -0.39 is 0 Å². The summed E-state index contributed by atoms with van der Waals surface area (Å²) in [6, 6.07) is 4.68. The van der Waals surface area contributed by atoms with Crippen molar-refractivity contribution in [2.24, 2.45) is 0 Å². The van der Waals surface area contributed by atoms with E-state index in [-0.39, 0.29) is 5.82 Å². The Hall–Kier alpha value is -1.36. The van der Waals surface area contributed by atoms with Crippen LogP contribution in [0.4, 0.5) is 10.2 Å². The molecule has 0 saturated heterocycles. The molecule has 0 spiro atoms. The van der Waals surface area contributed by atoms with Crippen molar-refractivity contribution in [2.45, 2.75) is 0 Å². The summed E-state index contributed by atoms with van der Waals surface area (Å²) in [5, 5.41) is 6.30. The van der Waals surface area contributed by atoms with Crippen LogP contribution in [0.5, 0.6) is 0 Å². The third-order valence-corrected chi connectivity index (χ3v) is 2.38. The Labute approximate surface area is 88.3 Å². The molecular formula is C9H7BrFN3. The molecule has 2 aromatic rings. The highest BCUT2D eigenvalue weighted by Crippen LogP contribution is 2.28. The molecule has 0 radical (unpaired) electrons. The molecule has 0 aliphatic heterocycles. The van der Waals surface area contributed by atoms with E-state index in [4.69, 9.17) is 5.73 Å². The SMILES string of the molecule is Nc1[nH]ncc1-c1cc(Br)ccc1F. The number of aromatic amines is 1. The van der Waals surface area contributed by atoms with Gasteiger partial charge < -0.3 is 5.73 Å². The summed E-state index contributed by atoms with van der Waals surface area (Å²) in [6.45, 7) is 0. The monoisotopic (exact) mass is 255 g/mol. The van der Waals surface area contributed by atoms with Gasteiger partial charge in [-0.05, 0) is 18.2 Å². The van der Waals surface area contributed by atoms with Crippen LogP contribution in [-0.2, 0) is 0 Å². The second kappa shape index (κ2) is 3.42. The highest BCUT2D eigenvalue weighted by molar-refractivity contribution is 9.10. The lowest BCUT2D eigenvalue weighted by Gasteiger charge is -2.01. The van der Waals surface area contributed by atoms with Gasteiger partial charge >= 0.3 is 0 Å². The van der Waals surface area contributed by atoms with Gasteiger partial charge in [0.1, 0.15) is 11.6 Å². The zero-order valence-corrected chi connectivity index (χ0v) is 8.68. The van der Waals surface area contributed by atoms with Crippen molar-refractivity contribution in [3.63, 3.8) is 0 Å². The van der Waals surface area contributed by atoms with Crippen LogP contribution >= 0.6 is 15.9 Å². The van der Waals surface area contributed by atoms with E-state index in [1.807, 2.05) is 0 Å². The molecule has 3 N–H and O–H groups in total. The normalized spacial score (nSPS) is 10.4. The molecule has 1 aromatic heterocycles. The standard InChI is InChI=1S/C9H7BrFN3/c10-5-1-2-8(11)6(3-5)7-4-13-14-9(7)12/h1-4H,(H3,12,13,14). The van der Waals surface area contributed by atoms with Gasteiger partial charge in [0.25, 0.3) is 0 Å². The van der Waals surface area contributed by atoms with Crippen molar-refractivity contribution in [3.8, 4) is 11.1 Å². The number of hydrogen-bond acceptors (Lipinski definition) is 2. The summed E-state index contributed by atoms with van der Waals surface area (Å²) >= 11 is 3.27. The second-order valence-corrected chi connectivity index (χ2v) is 3.74. The van der Waals surface area contributed by atoms with Gasteiger partial charge in [-0.1, -0.05) is 15.9 Å². The molecule has 0 aliphatic carbocycles. The summed E-state index contributed by atoms with van der Waals surface area (Å²) in [6.07, 6.45) is 1.50. The number of rotatable bonds is 1. The van der Waals surface area contributed by atoms with Crippen molar-refractivity contribution < 1.29 is 4.39 Å². The predicted octanol–water partition coefficient (Wildman–Crippen LogP) is 2.56. The largest absolute Gasteiger partial charge is 0.384 e. The van der Waals surface area contributed by atoms with E-state index in [0.717, 1.165) is 4.47 Å². The molecule has 1 heterocycles. The van der Waals surface area contributed by atoms with Crippen LogP contribution in [0.1, 0.15) is 0 Å². The Morgan fingerprint density at radius 3 is 2.79 bits per heavy atom. The molecular weight excluding hydrogens is 249 g/mol. The highest BCUT2D eigenvalue weighted by atomic mass is 79.9. The molecule has 14 heavy (non-hydrogen) atoms. The Bertz CT molecular complexity index is 467. The van der Waals surface area contributed by atoms with Gasteiger partial charge in [-0.3, -0.25) is 5.10 Å². The van der Waals surface area contributed by atoms with Crippen LogP contribution < -0.4 is 5.73 Å². The van der Waals surface area contributed by atoms with Crippen LogP contribution in [0.3, 0.4) is 0 Å². The number of benzene rings is 1. The number of halogens is 2. The summed E-state index contributed by atoms with van der Waals surface area (Å²) in [5.74, 6) is 0.0447. The van der Waals surface area contributed by atoms with Crippen LogP contribution in [0, 0.1) is 5.82 Å². The van der Waals surface area contributed by atoms with E-state index in [0.29, 0.717) is 16.9 Å². The molecule has 0 amide bonds. The van der Waals surface area contributed by atoms with Crippen LogP contribution in [0.2, 0.25) is 0 Å². The molecule has 5 heteroatoms. The molecule has 0 unspecified atom stereocenters. The summed E-state index contributed by atoms with van der Waals surface area (Å²) < 4.78 is 14.2. The average Bonchev–Trinajstić information content (AvgIpc) is 2.56. The maximum Gasteiger partial charge on any atom is 0.131 e. The quantitative estimate of drug-likeness (QED) is 0.823. The van der Waals surface area contributed by atoms with Gasteiger partial charge in [-0.2, -0.15) is 5.10 Å². The Morgan fingerprint density at radius 2 is 2.14 bits per heavy atom. The molecule has 0 aliphatic rings. The minimum atomic E-state index is -0.318. The maximum absolute atomic E-state index is 13.4. The summed E-state index contributed by atoms with van der Waals surface area (Å²) in [4.78, 5) is 0. The number of nitrogens with two attached hydrogens (primary N) is 1. The molecule has 0 saturated carbocycles. The van der Waals surface area contributed by atoms with E-state index >= 15 is 0 Å². The molecule has 0 fully saturated rings. The molecule has 0 atom stereocenters. The van der Waals surface area contributed by atoms with Crippen molar-refractivity contribution >= 4 is 21.7 Å². The van der Waals surface area contributed by atoms with E-state index in [1.165, 1.54) is 12.3 Å². The summed E-state index contributed by atoms with van der Waals surface area (Å²) in [5.41, 5.74) is 6.60.